The number of rotatable bonds is 5. The van der Waals surface area contributed by atoms with Gasteiger partial charge in [-0.2, -0.15) is 0 Å². The second kappa shape index (κ2) is 5.63. The maximum absolute atomic E-state index is 5.77. The summed E-state index contributed by atoms with van der Waals surface area (Å²) in [5.41, 5.74) is 5.77. The van der Waals surface area contributed by atoms with E-state index in [0.717, 1.165) is 24.6 Å². The number of nitrogens with zero attached hydrogens (tertiary/aromatic N) is 3. The normalized spacial score (nSPS) is 19.4. The summed E-state index contributed by atoms with van der Waals surface area (Å²) in [6.07, 6.45) is 5.73. The summed E-state index contributed by atoms with van der Waals surface area (Å²) < 4.78 is 0. The minimum atomic E-state index is 0.414. The van der Waals surface area contributed by atoms with Crippen LogP contribution in [0.1, 0.15) is 12.8 Å². The monoisotopic (exact) mass is 233 g/mol. The van der Waals surface area contributed by atoms with E-state index in [1.807, 2.05) is 6.07 Å². The Morgan fingerprint density at radius 2 is 2.47 bits per heavy atom. The van der Waals surface area contributed by atoms with Crippen LogP contribution in [0.25, 0.3) is 0 Å². The highest BCUT2D eigenvalue weighted by atomic mass is 15.2. The summed E-state index contributed by atoms with van der Waals surface area (Å²) in [6.45, 7) is 6.08. The molecule has 2 heterocycles. The van der Waals surface area contributed by atoms with Crippen molar-refractivity contribution in [3.05, 3.63) is 25.0 Å². The molecular formula is C12H19N5. The highest BCUT2D eigenvalue weighted by molar-refractivity contribution is 5.50. The Kier molecular flexibility index (Phi) is 3.93. The van der Waals surface area contributed by atoms with Crippen LogP contribution >= 0.6 is 0 Å². The van der Waals surface area contributed by atoms with Gasteiger partial charge in [0.05, 0.1) is 0 Å². The van der Waals surface area contributed by atoms with E-state index >= 15 is 0 Å². The Morgan fingerprint density at radius 1 is 1.59 bits per heavy atom. The van der Waals surface area contributed by atoms with Gasteiger partial charge in [-0.1, -0.05) is 6.08 Å². The zero-order valence-electron chi connectivity index (χ0n) is 9.97. The van der Waals surface area contributed by atoms with Gasteiger partial charge in [-0.05, 0) is 12.8 Å². The molecule has 0 amide bonds. The SMILES string of the molecule is C=CCNc1cc(N2CCCC2CN)ncn1. The van der Waals surface area contributed by atoms with E-state index in [0.29, 0.717) is 19.1 Å². The third-order valence-corrected chi connectivity index (χ3v) is 3.02. The third-order valence-electron chi connectivity index (χ3n) is 3.02. The number of aromatic nitrogens is 2. The molecule has 0 aliphatic carbocycles. The predicted octanol–water partition coefficient (Wildman–Crippen LogP) is 1.00. The topological polar surface area (TPSA) is 67.1 Å². The molecule has 1 aliphatic heterocycles. The fourth-order valence-corrected chi connectivity index (χ4v) is 2.16. The Hall–Kier alpha value is -1.62. The van der Waals surface area contributed by atoms with Gasteiger partial charge >= 0.3 is 0 Å². The molecule has 1 fully saturated rings. The molecule has 0 radical (unpaired) electrons. The average molecular weight is 233 g/mol. The molecule has 92 valence electrons. The van der Waals surface area contributed by atoms with Crippen molar-refractivity contribution >= 4 is 11.6 Å². The van der Waals surface area contributed by atoms with Crippen LogP contribution in [0.2, 0.25) is 0 Å². The van der Waals surface area contributed by atoms with Crippen LogP contribution in [0.15, 0.2) is 25.0 Å². The van der Waals surface area contributed by atoms with Gasteiger partial charge in [0, 0.05) is 31.7 Å². The van der Waals surface area contributed by atoms with Crippen molar-refractivity contribution in [2.75, 3.05) is 29.9 Å². The molecule has 1 atom stereocenters. The lowest BCUT2D eigenvalue weighted by atomic mass is 10.2. The van der Waals surface area contributed by atoms with Crippen LogP contribution in [0.4, 0.5) is 11.6 Å². The molecule has 5 nitrogen and oxygen atoms in total. The molecule has 3 N–H and O–H groups in total. The van der Waals surface area contributed by atoms with Crippen molar-refractivity contribution in [3.63, 3.8) is 0 Å². The maximum atomic E-state index is 5.77. The van der Waals surface area contributed by atoms with E-state index in [1.54, 1.807) is 12.4 Å². The first-order valence-corrected chi connectivity index (χ1v) is 5.98. The standard InChI is InChI=1S/C12H19N5/c1-2-5-14-11-7-12(16-9-15-11)17-6-3-4-10(17)8-13/h2,7,9-10H,1,3-6,8,13H2,(H,14,15,16). The zero-order chi connectivity index (χ0) is 12.1. The summed E-state index contributed by atoms with van der Waals surface area (Å²) in [7, 11) is 0. The lowest BCUT2D eigenvalue weighted by Crippen LogP contribution is -2.35. The van der Waals surface area contributed by atoms with Gasteiger partial charge < -0.3 is 16.0 Å². The van der Waals surface area contributed by atoms with Crippen LogP contribution in [-0.4, -0.2) is 35.6 Å². The van der Waals surface area contributed by atoms with Gasteiger partial charge in [-0.3, -0.25) is 0 Å². The van der Waals surface area contributed by atoms with Crippen molar-refractivity contribution in [2.45, 2.75) is 18.9 Å². The Bertz CT molecular complexity index is 379. The molecule has 0 spiro atoms. The highest BCUT2D eigenvalue weighted by Crippen LogP contribution is 2.24. The quantitative estimate of drug-likeness (QED) is 0.743. The molecule has 2 rings (SSSR count). The molecule has 1 aliphatic rings. The van der Waals surface area contributed by atoms with E-state index < -0.39 is 0 Å². The van der Waals surface area contributed by atoms with E-state index in [9.17, 15) is 0 Å². The van der Waals surface area contributed by atoms with Crippen LogP contribution in [0.5, 0.6) is 0 Å². The molecule has 1 aromatic rings. The van der Waals surface area contributed by atoms with Crippen LogP contribution in [0, 0.1) is 0 Å². The first-order chi connectivity index (χ1) is 8.35. The molecule has 5 heteroatoms. The van der Waals surface area contributed by atoms with Crippen molar-refractivity contribution < 1.29 is 0 Å². The molecule has 1 saturated heterocycles. The van der Waals surface area contributed by atoms with E-state index in [2.05, 4.69) is 26.8 Å². The fraction of sp³-hybridized carbons (Fsp3) is 0.500. The number of hydrogen-bond acceptors (Lipinski definition) is 5. The number of nitrogens with one attached hydrogen (secondary N) is 1. The summed E-state index contributed by atoms with van der Waals surface area (Å²) in [5, 5.41) is 3.16. The van der Waals surface area contributed by atoms with Crippen molar-refractivity contribution in [1.82, 2.24) is 9.97 Å². The van der Waals surface area contributed by atoms with Crippen LogP contribution in [-0.2, 0) is 0 Å². The molecule has 0 aromatic carbocycles. The van der Waals surface area contributed by atoms with Gasteiger partial charge in [0.25, 0.3) is 0 Å². The minimum Gasteiger partial charge on any atom is -0.366 e. The molecule has 1 aromatic heterocycles. The Labute approximate surface area is 102 Å². The number of nitrogens with two attached hydrogens (primary N) is 1. The van der Waals surface area contributed by atoms with Gasteiger partial charge in [-0.25, -0.2) is 9.97 Å². The molecule has 0 saturated carbocycles. The predicted molar refractivity (Wildman–Crippen MR) is 70.1 cm³/mol. The van der Waals surface area contributed by atoms with Crippen molar-refractivity contribution in [2.24, 2.45) is 5.73 Å². The van der Waals surface area contributed by atoms with Gasteiger partial charge in [0.1, 0.15) is 18.0 Å². The smallest absolute Gasteiger partial charge is 0.134 e. The van der Waals surface area contributed by atoms with Crippen molar-refractivity contribution in [1.29, 1.82) is 0 Å². The lowest BCUT2D eigenvalue weighted by molar-refractivity contribution is 0.671. The average Bonchev–Trinajstić information content (AvgIpc) is 2.85. The first-order valence-electron chi connectivity index (χ1n) is 5.98. The van der Waals surface area contributed by atoms with Crippen LogP contribution < -0.4 is 16.0 Å². The van der Waals surface area contributed by atoms with E-state index in [4.69, 9.17) is 5.73 Å². The van der Waals surface area contributed by atoms with E-state index in [-0.39, 0.29) is 0 Å². The molecule has 0 bridgehead atoms. The summed E-state index contributed by atoms with van der Waals surface area (Å²) >= 11 is 0. The maximum Gasteiger partial charge on any atom is 0.134 e. The largest absolute Gasteiger partial charge is 0.366 e. The highest BCUT2D eigenvalue weighted by Gasteiger charge is 2.24. The molecule has 1 unspecified atom stereocenters. The van der Waals surface area contributed by atoms with Gasteiger partial charge in [0.2, 0.25) is 0 Å². The van der Waals surface area contributed by atoms with Gasteiger partial charge in [-0.15, -0.1) is 6.58 Å². The summed E-state index contributed by atoms with van der Waals surface area (Å²) in [5.74, 6) is 1.79. The van der Waals surface area contributed by atoms with Crippen molar-refractivity contribution in [3.8, 4) is 0 Å². The summed E-state index contributed by atoms with van der Waals surface area (Å²) in [4.78, 5) is 10.8. The minimum absolute atomic E-state index is 0.414. The third kappa shape index (κ3) is 2.74. The molecule has 17 heavy (non-hydrogen) atoms. The number of hydrogen-bond donors (Lipinski definition) is 2. The fourth-order valence-electron chi connectivity index (χ4n) is 2.16. The Balaban J connectivity index is 2.12. The van der Waals surface area contributed by atoms with Crippen LogP contribution in [0.3, 0.4) is 0 Å². The zero-order valence-corrected chi connectivity index (χ0v) is 9.97. The second-order valence-electron chi connectivity index (χ2n) is 4.16. The molecular weight excluding hydrogens is 214 g/mol. The van der Waals surface area contributed by atoms with E-state index in [1.165, 1.54) is 6.42 Å². The second-order valence-corrected chi connectivity index (χ2v) is 4.16. The Morgan fingerprint density at radius 3 is 3.24 bits per heavy atom. The summed E-state index contributed by atoms with van der Waals surface area (Å²) in [6, 6.07) is 2.38. The lowest BCUT2D eigenvalue weighted by Gasteiger charge is -2.24. The van der Waals surface area contributed by atoms with Gasteiger partial charge in [0.15, 0.2) is 0 Å². The first kappa shape index (κ1) is 11.9. The number of anilines is 2.